The third-order valence-corrected chi connectivity index (χ3v) is 10.1. The maximum Gasteiger partial charge on any atom is 0.416 e. The number of hydrogen-bond acceptors (Lipinski definition) is 5. The number of likely N-dealkylation sites (N-methyl/N-ethyl adjacent to an activating group) is 1. The van der Waals surface area contributed by atoms with Crippen LogP contribution in [0.1, 0.15) is 54.4 Å². The average Bonchev–Trinajstić information content (AvgIpc) is 3.67. The van der Waals surface area contributed by atoms with Crippen LogP contribution in [0.4, 0.5) is 13.2 Å². The third kappa shape index (κ3) is 4.13. The molecule has 0 radical (unpaired) electrons. The first kappa shape index (κ1) is 28.2. The van der Waals surface area contributed by atoms with Crippen molar-refractivity contribution in [3.05, 3.63) is 58.7 Å². The zero-order chi connectivity index (χ0) is 28.0. The summed E-state index contributed by atoms with van der Waals surface area (Å²) in [4.78, 5) is 17.3. The van der Waals surface area contributed by atoms with Gasteiger partial charge in [-0.2, -0.15) is 13.2 Å². The molecule has 10 heteroatoms. The van der Waals surface area contributed by atoms with Crippen LogP contribution in [0.15, 0.2) is 36.4 Å². The Morgan fingerprint density at radius 2 is 1.88 bits per heavy atom. The zero-order valence-corrected chi connectivity index (χ0v) is 23.4. The highest BCUT2D eigenvalue weighted by atomic mass is 35.5. The Morgan fingerprint density at radius 1 is 1.15 bits per heavy atom. The Balaban J connectivity index is 0.00000302. The van der Waals surface area contributed by atoms with E-state index in [1.165, 1.54) is 25.0 Å². The topological polar surface area (TPSA) is 73.2 Å². The number of rotatable bonds is 3. The Kier molecular flexibility index (Phi) is 6.57. The Bertz CT molecular complexity index is 1450. The van der Waals surface area contributed by atoms with Crippen LogP contribution < -0.4 is 4.74 Å². The Labute approximate surface area is 242 Å². The molecule has 1 amide bonds. The standard InChI is InChI=1S/C31H31F3N2O4.ClH/c1-35(25(38)11-6-18-4-8-21(9-5-18)31(32,33)34)22-12-13-30(39)24-16-20-7-10-23(37)27-26(20)29(30,28(22)40-27)14-15-36(24)17-19-2-3-19;/h4-5,7-10,19,22,24,28,37,39H,2-3,12-17H2,1H3;1H/t22-,24-,28+,29+,30-;/m1./s1. The van der Waals surface area contributed by atoms with Gasteiger partial charge in [-0.1, -0.05) is 12.0 Å². The number of ether oxygens (including phenoxy) is 1. The van der Waals surface area contributed by atoms with Crippen molar-refractivity contribution in [1.29, 1.82) is 0 Å². The van der Waals surface area contributed by atoms with E-state index in [9.17, 15) is 28.2 Å². The number of phenols is 1. The molecule has 2 aromatic rings. The number of hydrogen-bond donors (Lipinski definition) is 2. The number of carbonyl (C=O) groups is 1. The van der Waals surface area contributed by atoms with Crippen molar-refractivity contribution in [2.75, 3.05) is 20.1 Å². The molecule has 3 fully saturated rings. The van der Waals surface area contributed by atoms with Crippen molar-refractivity contribution in [3.63, 3.8) is 0 Å². The molecule has 2 aromatic carbocycles. The van der Waals surface area contributed by atoms with Gasteiger partial charge in [-0.15, -0.1) is 12.4 Å². The summed E-state index contributed by atoms with van der Waals surface area (Å²) < 4.78 is 45.2. The smallest absolute Gasteiger partial charge is 0.416 e. The molecule has 0 aromatic heterocycles. The lowest BCUT2D eigenvalue weighted by atomic mass is 9.48. The van der Waals surface area contributed by atoms with Gasteiger partial charge < -0.3 is 19.8 Å². The quantitative estimate of drug-likeness (QED) is 0.524. The first-order valence-corrected chi connectivity index (χ1v) is 14.0. The van der Waals surface area contributed by atoms with Crippen LogP contribution in [0.3, 0.4) is 0 Å². The van der Waals surface area contributed by atoms with Gasteiger partial charge in [0, 0.05) is 36.7 Å². The van der Waals surface area contributed by atoms with Gasteiger partial charge in [-0.3, -0.25) is 9.69 Å². The van der Waals surface area contributed by atoms with Crippen LogP contribution in [0.2, 0.25) is 0 Å². The molecule has 2 aliphatic heterocycles. The summed E-state index contributed by atoms with van der Waals surface area (Å²) in [5.41, 5.74) is -0.291. The molecule has 218 valence electrons. The van der Waals surface area contributed by atoms with Crippen LogP contribution in [0.25, 0.3) is 0 Å². The van der Waals surface area contributed by atoms with Crippen LogP contribution in [0.5, 0.6) is 11.5 Å². The fourth-order valence-corrected chi connectivity index (χ4v) is 7.96. The molecule has 5 atom stereocenters. The first-order valence-electron chi connectivity index (χ1n) is 14.0. The minimum Gasteiger partial charge on any atom is -0.504 e. The van der Waals surface area contributed by atoms with Crippen molar-refractivity contribution in [2.45, 2.75) is 73.9 Å². The lowest BCUT2D eigenvalue weighted by Crippen LogP contribution is -2.78. The van der Waals surface area contributed by atoms with Crippen LogP contribution in [0, 0.1) is 17.8 Å². The summed E-state index contributed by atoms with van der Waals surface area (Å²) in [6.07, 6.45) is -0.180. The number of halogens is 4. The van der Waals surface area contributed by atoms with E-state index in [1.807, 2.05) is 6.07 Å². The van der Waals surface area contributed by atoms with Gasteiger partial charge in [0.05, 0.1) is 22.6 Å². The van der Waals surface area contributed by atoms with Crippen LogP contribution >= 0.6 is 12.4 Å². The van der Waals surface area contributed by atoms with Gasteiger partial charge >= 0.3 is 6.18 Å². The predicted octanol–water partition coefficient (Wildman–Crippen LogP) is 4.28. The second-order valence-corrected chi connectivity index (χ2v) is 12.1. The maximum atomic E-state index is 13.3. The number of alkyl halides is 3. The molecule has 1 spiro atoms. The van der Waals surface area contributed by atoms with Gasteiger partial charge in [0.2, 0.25) is 0 Å². The molecule has 2 bridgehead atoms. The van der Waals surface area contributed by atoms with E-state index in [0.29, 0.717) is 42.9 Å². The second-order valence-electron chi connectivity index (χ2n) is 12.1. The van der Waals surface area contributed by atoms with E-state index >= 15 is 0 Å². The van der Waals surface area contributed by atoms with Crippen LogP contribution in [-0.2, 0) is 22.8 Å². The molecular formula is C31H32ClF3N2O4. The highest BCUT2D eigenvalue weighted by Crippen LogP contribution is 2.66. The molecule has 2 N–H and O–H groups in total. The number of aliphatic hydroxyl groups is 1. The van der Waals surface area contributed by atoms with E-state index in [4.69, 9.17) is 4.74 Å². The number of amides is 1. The third-order valence-electron chi connectivity index (χ3n) is 10.1. The summed E-state index contributed by atoms with van der Waals surface area (Å²) in [5.74, 6) is 5.94. The molecule has 2 heterocycles. The van der Waals surface area contributed by atoms with Crippen LogP contribution in [-0.4, -0.2) is 69.8 Å². The van der Waals surface area contributed by atoms with Gasteiger partial charge in [0.25, 0.3) is 5.91 Å². The van der Waals surface area contributed by atoms with Gasteiger partial charge in [-0.25, -0.2) is 0 Å². The molecular weight excluding hydrogens is 557 g/mol. The van der Waals surface area contributed by atoms with E-state index in [1.54, 1.807) is 18.0 Å². The molecule has 6 nitrogen and oxygen atoms in total. The number of phenolic OH excluding ortho intramolecular Hbond substituents is 1. The number of piperidine rings is 1. The number of benzene rings is 2. The molecule has 2 saturated carbocycles. The lowest BCUT2D eigenvalue weighted by Gasteiger charge is -2.64. The highest BCUT2D eigenvalue weighted by Gasteiger charge is 2.73. The summed E-state index contributed by atoms with van der Waals surface area (Å²) in [7, 11) is 1.66. The van der Waals surface area contributed by atoms with E-state index < -0.39 is 40.8 Å². The number of carbonyl (C=O) groups excluding carboxylic acids is 1. The average molecular weight is 589 g/mol. The zero-order valence-electron chi connectivity index (χ0n) is 22.6. The minimum atomic E-state index is -4.44. The molecule has 1 saturated heterocycles. The van der Waals surface area contributed by atoms with Crippen molar-refractivity contribution >= 4 is 18.3 Å². The summed E-state index contributed by atoms with van der Waals surface area (Å²) >= 11 is 0. The molecule has 3 aliphatic carbocycles. The normalized spacial score (nSPS) is 31.2. The van der Waals surface area contributed by atoms with Crippen molar-refractivity contribution in [3.8, 4) is 23.3 Å². The van der Waals surface area contributed by atoms with Crippen molar-refractivity contribution in [1.82, 2.24) is 9.80 Å². The summed E-state index contributed by atoms with van der Waals surface area (Å²) in [5, 5.41) is 23.4. The number of aromatic hydroxyl groups is 1. The Hall–Kier alpha value is -2.93. The monoisotopic (exact) mass is 588 g/mol. The van der Waals surface area contributed by atoms with Gasteiger partial charge in [-0.05, 0) is 86.9 Å². The predicted molar refractivity (Wildman–Crippen MR) is 147 cm³/mol. The molecule has 5 aliphatic rings. The number of nitrogens with zero attached hydrogens (tertiary/aromatic N) is 2. The summed E-state index contributed by atoms with van der Waals surface area (Å²) in [6, 6.07) is 7.54. The highest BCUT2D eigenvalue weighted by molar-refractivity contribution is 5.94. The first-order chi connectivity index (χ1) is 19.0. The van der Waals surface area contributed by atoms with E-state index in [0.717, 1.165) is 36.3 Å². The van der Waals surface area contributed by atoms with E-state index in [-0.39, 0.29) is 24.2 Å². The minimum absolute atomic E-state index is 0. The maximum absolute atomic E-state index is 13.3. The molecule has 41 heavy (non-hydrogen) atoms. The SMILES string of the molecule is CN(C(=O)C#Cc1ccc(C(F)(F)F)cc1)[C@@H]1CC[C@@]2(O)[C@H]3Cc4ccc(O)c5c4[C@@]2(CCN3CC2CC2)[C@H]1O5.Cl. The fourth-order valence-electron chi connectivity index (χ4n) is 7.96. The van der Waals surface area contributed by atoms with Gasteiger partial charge in [0.15, 0.2) is 11.5 Å². The molecule has 0 unspecified atom stereocenters. The fraction of sp³-hybridized carbons (Fsp3) is 0.516. The van der Waals surface area contributed by atoms with Crippen molar-refractivity contribution in [2.24, 2.45) is 5.92 Å². The second kappa shape index (κ2) is 9.55. The van der Waals surface area contributed by atoms with Gasteiger partial charge in [0.1, 0.15) is 6.10 Å². The van der Waals surface area contributed by atoms with E-state index in [2.05, 4.69) is 16.7 Å². The molecule has 7 rings (SSSR count). The van der Waals surface area contributed by atoms with Crippen molar-refractivity contribution < 1.29 is 32.9 Å². The largest absolute Gasteiger partial charge is 0.504 e. The Morgan fingerprint density at radius 3 is 2.56 bits per heavy atom. The summed E-state index contributed by atoms with van der Waals surface area (Å²) in [6.45, 7) is 1.80. The lowest BCUT2D eigenvalue weighted by molar-refractivity contribution is -0.199. The number of likely N-dealkylation sites (tertiary alicyclic amines) is 1.